The third-order valence-electron chi connectivity index (χ3n) is 4.07. The van der Waals surface area contributed by atoms with E-state index in [0.29, 0.717) is 11.7 Å². The van der Waals surface area contributed by atoms with E-state index in [1.165, 1.54) is 11.8 Å². The summed E-state index contributed by atoms with van der Waals surface area (Å²) >= 11 is 1.39. The number of ether oxygens (including phenoxy) is 1. The monoisotopic (exact) mass is 382 g/mol. The van der Waals surface area contributed by atoms with Crippen LogP contribution in [0.25, 0.3) is 11.4 Å². The zero-order valence-electron chi connectivity index (χ0n) is 15.5. The first-order valence-corrected chi connectivity index (χ1v) is 9.61. The van der Waals surface area contributed by atoms with Crippen LogP contribution >= 0.6 is 11.8 Å². The molecule has 27 heavy (non-hydrogen) atoms. The van der Waals surface area contributed by atoms with Gasteiger partial charge in [-0.1, -0.05) is 42.1 Å². The summed E-state index contributed by atoms with van der Waals surface area (Å²) in [6.07, 6.45) is 0. The number of aromatic nitrogens is 3. The Labute approximate surface area is 163 Å². The van der Waals surface area contributed by atoms with E-state index in [4.69, 9.17) is 4.74 Å². The van der Waals surface area contributed by atoms with Crippen molar-refractivity contribution in [3.05, 3.63) is 54.6 Å². The highest BCUT2D eigenvalue weighted by atomic mass is 32.2. The summed E-state index contributed by atoms with van der Waals surface area (Å²) in [5.74, 6) is 1.40. The quantitative estimate of drug-likeness (QED) is 0.623. The first-order valence-electron chi connectivity index (χ1n) is 8.73. The molecule has 7 heteroatoms. The van der Waals surface area contributed by atoms with Crippen molar-refractivity contribution in [1.29, 1.82) is 0 Å². The minimum Gasteiger partial charge on any atom is -0.496 e. The van der Waals surface area contributed by atoms with Gasteiger partial charge >= 0.3 is 0 Å². The normalized spacial score (nSPS) is 11.8. The van der Waals surface area contributed by atoms with Crippen LogP contribution in [0.15, 0.2) is 59.8 Å². The molecule has 0 fully saturated rings. The molecule has 0 saturated heterocycles. The SMILES string of the molecule is CCn1c(S[C@@H](C)C(=O)Nc2ccccc2)nnc1-c1ccccc1OC. The van der Waals surface area contributed by atoms with E-state index >= 15 is 0 Å². The summed E-state index contributed by atoms with van der Waals surface area (Å²) in [5.41, 5.74) is 1.66. The van der Waals surface area contributed by atoms with Crippen LogP contribution in [0.3, 0.4) is 0 Å². The molecule has 1 aromatic heterocycles. The number of nitrogens with one attached hydrogen (secondary N) is 1. The number of benzene rings is 2. The number of amides is 1. The molecule has 1 N–H and O–H groups in total. The Morgan fingerprint density at radius 1 is 1.15 bits per heavy atom. The third-order valence-corrected chi connectivity index (χ3v) is 5.15. The fraction of sp³-hybridized carbons (Fsp3) is 0.250. The lowest BCUT2D eigenvalue weighted by atomic mass is 10.2. The van der Waals surface area contributed by atoms with E-state index in [0.717, 1.165) is 22.8 Å². The highest BCUT2D eigenvalue weighted by Crippen LogP contribution is 2.32. The average Bonchev–Trinajstić information content (AvgIpc) is 3.10. The van der Waals surface area contributed by atoms with E-state index < -0.39 is 0 Å². The highest BCUT2D eigenvalue weighted by molar-refractivity contribution is 8.00. The first-order chi connectivity index (χ1) is 13.1. The van der Waals surface area contributed by atoms with E-state index in [1.54, 1.807) is 7.11 Å². The summed E-state index contributed by atoms with van der Waals surface area (Å²) in [6, 6.07) is 17.1. The molecule has 6 nitrogen and oxygen atoms in total. The average molecular weight is 382 g/mol. The summed E-state index contributed by atoms with van der Waals surface area (Å²) < 4.78 is 7.44. The molecule has 0 bridgehead atoms. The number of carbonyl (C=O) groups excluding carboxylic acids is 1. The molecule has 1 heterocycles. The van der Waals surface area contributed by atoms with Gasteiger partial charge < -0.3 is 14.6 Å². The van der Waals surface area contributed by atoms with Gasteiger partial charge in [-0.15, -0.1) is 10.2 Å². The van der Waals surface area contributed by atoms with Crippen molar-refractivity contribution >= 4 is 23.4 Å². The topological polar surface area (TPSA) is 69.0 Å². The lowest BCUT2D eigenvalue weighted by molar-refractivity contribution is -0.115. The molecular weight excluding hydrogens is 360 g/mol. The van der Waals surface area contributed by atoms with Gasteiger partial charge in [-0.05, 0) is 38.1 Å². The summed E-state index contributed by atoms with van der Waals surface area (Å²) in [5, 5.41) is 12.0. The molecule has 0 aliphatic heterocycles. The number of para-hydroxylation sites is 2. The standard InChI is InChI=1S/C20H22N4O2S/c1-4-24-18(16-12-8-9-13-17(16)26-3)22-23-20(24)27-14(2)19(25)21-15-10-6-5-7-11-15/h5-14H,4H2,1-3H3,(H,21,25)/t14-/m0/s1. The van der Waals surface area contributed by atoms with Crippen LogP contribution in [0.4, 0.5) is 5.69 Å². The number of hydrogen-bond donors (Lipinski definition) is 1. The highest BCUT2D eigenvalue weighted by Gasteiger charge is 2.21. The Hall–Kier alpha value is -2.80. The fourth-order valence-electron chi connectivity index (χ4n) is 2.67. The molecule has 2 aromatic carbocycles. The van der Waals surface area contributed by atoms with Crippen LogP contribution in [0.2, 0.25) is 0 Å². The maximum atomic E-state index is 12.5. The molecule has 0 saturated carbocycles. The number of anilines is 1. The van der Waals surface area contributed by atoms with Gasteiger partial charge in [-0.3, -0.25) is 4.79 Å². The van der Waals surface area contributed by atoms with Crippen LogP contribution in [0, 0.1) is 0 Å². The van der Waals surface area contributed by atoms with Crippen molar-refractivity contribution in [2.75, 3.05) is 12.4 Å². The van der Waals surface area contributed by atoms with E-state index in [2.05, 4.69) is 15.5 Å². The van der Waals surface area contributed by atoms with Crippen molar-refractivity contribution in [3.63, 3.8) is 0 Å². The van der Waals surface area contributed by atoms with Gasteiger partial charge in [-0.2, -0.15) is 0 Å². The van der Waals surface area contributed by atoms with Gasteiger partial charge in [0.05, 0.1) is 17.9 Å². The van der Waals surface area contributed by atoms with Crippen molar-refractivity contribution in [2.45, 2.75) is 30.8 Å². The molecule has 140 valence electrons. The maximum absolute atomic E-state index is 12.5. The number of thioether (sulfide) groups is 1. The van der Waals surface area contributed by atoms with Gasteiger partial charge in [0.15, 0.2) is 11.0 Å². The lowest BCUT2D eigenvalue weighted by Gasteiger charge is -2.13. The fourth-order valence-corrected chi connectivity index (χ4v) is 3.58. The second kappa shape index (κ2) is 8.73. The Morgan fingerprint density at radius 2 is 1.85 bits per heavy atom. The molecular formula is C20H22N4O2S. The Kier molecular flexibility index (Phi) is 6.13. The number of rotatable bonds is 7. The summed E-state index contributed by atoms with van der Waals surface area (Å²) in [7, 11) is 1.64. The minimum atomic E-state index is -0.315. The number of carbonyl (C=O) groups is 1. The third kappa shape index (κ3) is 4.31. The van der Waals surface area contributed by atoms with Crippen LogP contribution in [0.5, 0.6) is 5.75 Å². The minimum absolute atomic E-state index is 0.0734. The molecule has 3 aromatic rings. The predicted molar refractivity (Wildman–Crippen MR) is 108 cm³/mol. The molecule has 0 spiro atoms. The smallest absolute Gasteiger partial charge is 0.237 e. The lowest BCUT2D eigenvalue weighted by Crippen LogP contribution is -2.22. The van der Waals surface area contributed by atoms with E-state index in [1.807, 2.05) is 73.0 Å². The Morgan fingerprint density at radius 3 is 2.56 bits per heavy atom. The van der Waals surface area contributed by atoms with Crippen molar-refractivity contribution < 1.29 is 9.53 Å². The van der Waals surface area contributed by atoms with Gasteiger partial charge in [0.2, 0.25) is 5.91 Å². The zero-order chi connectivity index (χ0) is 19.2. The molecule has 0 unspecified atom stereocenters. The summed E-state index contributed by atoms with van der Waals surface area (Å²) in [6.45, 7) is 4.58. The maximum Gasteiger partial charge on any atom is 0.237 e. The molecule has 1 amide bonds. The largest absolute Gasteiger partial charge is 0.496 e. The van der Waals surface area contributed by atoms with E-state index in [9.17, 15) is 4.79 Å². The van der Waals surface area contributed by atoms with Crippen LogP contribution in [-0.2, 0) is 11.3 Å². The van der Waals surface area contributed by atoms with Gasteiger partial charge in [0, 0.05) is 12.2 Å². The summed E-state index contributed by atoms with van der Waals surface area (Å²) in [4.78, 5) is 12.5. The molecule has 0 radical (unpaired) electrons. The van der Waals surface area contributed by atoms with Gasteiger partial charge in [-0.25, -0.2) is 0 Å². The second-order valence-corrected chi connectivity index (χ2v) is 7.17. The molecule has 3 rings (SSSR count). The Balaban J connectivity index is 1.79. The van der Waals surface area contributed by atoms with Gasteiger partial charge in [0.25, 0.3) is 0 Å². The zero-order valence-corrected chi connectivity index (χ0v) is 16.4. The van der Waals surface area contributed by atoms with Crippen LogP contribution in [0.1, 0.15) is 13.8 Å². The number of nitrogens with zero attached hydrogens (tertiary/aromatic N) is 3. The van der Waals surface area contributed by atoms with Gasteiger partial charge in [0.1, 0.15) is 5.75 Å². The second-order valence-electron chi connectivity index (χ2n) is 5.87. The van der Waals surface area contributed by atoms with Crippen molar-refractivity contribution in [2.24, 2.45) is 0 Å². The molecule has 1 atom stereocenters. The molecule has 0 aliphatic carbocycles. The van der Waals surface area contributed by atoms with Crippen LogP contribution in [-0.4, -0.2) is 33.0 Å². The molecule has 0 aliphatic rings. The first kappa shape index (κ1) is 19.0. The predicted octanol–water partition coefficient (Wildman–Crippen LogP) is 4.09. The van der Waals surface area contributed by atoms with Crippen LogP contribution < -0.4 is 10.1 Å². The van der Waals surface area contributed by atoms with Crippen molar-refractivity contribution in [3.8, 4) is 17.1 Å². The number of hydrogen-bond acceptors (Lipinski definition) is 5. The number of methoxy groups -OCH3 is 1. The van der Waals surface area contributed by atoms with Crippen molar-refractivity contribution in [1.82, 2.24) is 14.8 Å². The Bertz CT molecular complexity index is 911. The van der Waals surface area contributed by atoms with E-state index in [-0.39, 0.29) is 11.2 Å².